The Labute approximate surface area is 325 Å². The first-order valence-electron chi connectivity index (χ1n) is 18.6. The maximum absolute atomic E-state index is 13.7. The normalized spacial score (nSPS) is 11.6. The van der Waals surface area contributed by atoms with Crippen LogP contribution in [0.4, 0.5) is 25.8 Å². The second-order valence-electron chi connectivity index (χ2n) is 13.8. The van der Waals surface area contributed by atoms with Crippen LogP contribution in [0.3, 0.4) is 0 Å². The van der Waals surface area contributed by atoms with Crippen LogP contribution in [0.15, 0.2) is 194 Å². The number of fused-ring (bicyclic) bond motifs is 3. The molecule has 0 N–H and O–H groups in total. The third-order valence-corrected chi connectivity index (χ3v) is 10.1. The van der Waals surface area contributed by atoms with Crippen molar-refractivity contribution >= 4 is 63.2 Å². The van der Waals surface area contributed by atoms with Gasteiger partial charge in [0.15, 0.2) is 0 Å². The summed E-state index contributed by atoms with van der Waals surface area (Å²) in [6.45, 7) is 0. The van der Waals surface area contributed by atoms with E-state index in [0.717, 1.165) is 56.1 Å². The van der Waals surface area contributed by atoms with Crippen LogP contribution in [0.1, 0.15) is 22.3 Å². The first-order chi connectivity index (χ1) is 27.6. The lowest BCUT2D eigenvalue weighted by Gasteiger charge is -2.25. The molecule has 0 atom stereocenters. The predicted octanol–water partition coefficient (Wildman–Crippen LogP) is 14.5. The van der Waals surface area contributed by atoms with Gasteiger partial charge in [-0.1, -0.05) is 127 Å². The Kier molecular flexibility index (Phi) is 9.36. The molecule has 0 saturated carbocycles. The fraction of sp³-hybridized carbons (Fsp3) is 0. The predicted molar refractivity (Wildman–Crippen MR) is 232 cm³/mol. The zero-order chi connectivity index (χ0) is 37.8. The van der Waals surface area contributed by atoms with E-state index in [1.807, 2.05) is 29.2 Å². The van der Waals surface area contributed by atoms with Crippen molar-refractivity contribution in [3.8, 4) is 16.8 Å². The van der Waals surface area contributed by atoms with Gasteiger partial charge in [-0.2, -0.15) is 0 Å². The van der Waals surface area contributed by atoms with Crippen molar-refractivity contribution in [3.63, 3.8) is 0 Å². The third kappa shape index (κ3) is 7.16. The van der Waals surface area contributed by atoms with Gasteiger partial charge in [0, 0.05) is 33.5 Å². The van der Waals surface area contributed by atoms with E-state index in [0.29, 0.717) is 0 Å². The van der Waals surface area contributed by atoms with Gasteiger partial charge in [0.1, 0.15) is 11.6 Å². The van der Waals surface area contributed by atoms with E-state index >= 15 is 0 Å². The van der Waals surface area contributed by atoms with Crippen LogP contribution >= 0.6 is 0 Å². The van der Waals surface area contributed by atoms with E-state index < -0.39 is 0 Å². The highest BCUT2D eigenvalue weighted by Crippen LogP contribution is 2.36. The summed E-state index contributed by atoms with van der Waals surface area (Å²) in [6.07, 6.45) is 8.54. The maximum atomic E-state index is 13.7. The zero-order valence-corrected chi connectivity index (χ0v) is 30.4. The van der Waals surface area contributed by atoms with Crippen molar-refractivity contribution in [2.75, 3.05) is 4.90 Å². The molecule has 0 bridgehead atoms. The summed E-state index contributed by atoms with van der Waals surface area (Å²) >= 11 is 0. The van der Waals surface area contributed by atoms with Gasteiger partial charge >= 0.3 is 0 Å². The SMILES string of the molecule is Fc1ccc(N(c2ccc(F)cc2)c2ccc(C=Cc3ccc(-c4ccc(/C=C/c5ccc6c(c5)c5ccccc5n6-c5ccccc5)cc4)cc3)cc2)cc1. The van der Waals surface area contributed by atoms with Crippen LogP contribution < -0.4 is 4.90 Å². The van der Waals surface area contributed by atoms with Crippen molar-refractivity contribution in [2.45, 2.75) is 0 Å². The molecule has 1 heterocycles. The van der Waals surface area contributed by atoms with Crippen molar-refractivity contribution in [3.05, 3.63) is 228 Å². The average Bonchev–Trinajstić information content (AvgIpc) is 3.58. The Morgan fingerprint density at radius 2 is 0.768 bits per heavy atom. The molecule has 0 saturated heterocycles. The first-order valence-corrected chi connectivity index (χ1v) is 18.6. The van der Waals surface area contributed by atoms with Crippen LogP contribution in [-0.4, -0.2) is 4.57 Å². The lowest BCUT2D eigenvalue weighted by Crippen LogP contribution is -2.09. The molecule has 0 fully saturated rings. The summed E-state index contributed by atoms with van der Waals surface area (Å²) in [7, 11) is 0. The number of hydrogen-bond acceptors (Lipinski definition) is 1. The van der Waals surface area contributed by atoms with Gasteiger partial charge in [-0.15, -0.1) is 0 Å². The molecule has 56 heavy (non-hydrogen) atoms. The van der Waals surface area contributed by atoms with Crippen LogP contribution in [0.5, 0.6) is 0 Å². The van der Waals surface area contributed by atoms with Gasteiger partial charge in [-0.05, 0) is 124 Å². The Morgan fingerprint density at radius 1 is 0.357 bits per heavy atom. The Hall–Kier alpha value is -7.30. The minimum absolute atomic E-state index is 0.308. The molecule has 4 heteroatoms. The fourth-order valence-corrected chi connectivity index (χ4v) is 7.27. The highest BCUT2D eigenvalue weighted by Gasteiger charge is 2.14. The minimum Gasteiger partial charge on any atom is -0.310 e. The molecule has 0 amide bonds. The van der Waals surface area contributed by atoms with Crippen LogP contribution in [-0.2, 0) is 0 Å². The van der Waals surface area contributed by atoms with Gasteiger partial charge in [0.2, 0.25) is 0 Å². The maximum Gasteiger partial charge on any atom is 0.123 e. The molecular formula is C52H36F2N2. The molecule has 9 aromatic rings. The molecule has 0 aliphatic heterocycles. The van der Waals surface area contributed by atoms with Crippen molar-refractivity contribution in [1.29, 1.82) is 0 Å². The smallest absolute Gasteiger partial charge is 0.123 e. The largest absolute Gasteiger partial charge is 0.310 e. The van der Waals surface area contributed by atoms with E-state index in [1.54, 1.807) is 24.3 Å². The average molecular weight is 727 g/mol. The molecule has 8 aromatic carbocycles. The number of hydrogen-bond donors (Lipinski definition) is 0. The van der Waals surface area contributed by atoms with Gasteiger partial charge in [0.05, 0.1) is 11.0 Å². The molecule has 0 spiro atoms. The molecule has 2 nitrogen and oxygen atoms in total. The van der Waals surface area contributed by atoms with E-state index in [4.69, 9.17) is 0 Å². The Morgan fingerprint density at radius 3 is 1.30 bits per heavy atom. The highest BCUT2D eigenvalue weighted by atomic mass is 19.1. The lowest BCUT2D eigenvalue weighted by molar-refractivity contribution is 0.628. The molecule has 9 rings (SSSR count). The summed E-state index contributed by atoms with van der Waals surface area (Å²) in [5.74, 6) is -0.615. The second-order valence-corrected chi connectivity index (χ2v) is 13.8. The number of aromatic nitrogens is 1. The summed E-state index contributed by atoms with van der Waals surface area (Å²) < 4.78 is 29.7. The van der Waals surface area contributed by atoms with Gasteiger partial charge < -0.3 is 9.47 Å². The number of anilines is 3. The standard InChI is InChI=1S/C52H36F2N2/c53-43-25-31-47(32-26-43)55(48-33-27-44(54)28-34-48)46-29-18-39(19-30-46)11-10-37-14-21-41(22-15-37)42-23-16-38(17-24-42)12-13-40-20-35-52-50(36-40)49-8-4-5-9-51(49)56(52)45-6-2-1-3-7-45/h1-36H/b11-10?,13-12+. The van der Waals surface area contributed by atoms with Crippen LogP contribution in [0.2, 0.25) is 0 Å². The topological polar surface area (TPSA) is 8.17 Å². The summed E-state index contributed by atoms with van der Waals surface area (Å²) in [6, 6.07) is 63.8. The van der Waals surface area contributed by atoms with Gasteiger partial charge in [-0.3, -0.25) is 0 Å². The Bertz CT molecular complexity index is 2770. The van der Waals surface area contributed by atoms with Gasteiger partial charge in [0.25, 0.3) is 0 Å². The first kappa shape index (κ1) is 34.5. The number of halogens is 2. The molecule has 0 radical (unpaired) electrons. The molecule has 0 aliphatic carbocycles. The molecule has 0 aliphatic rings. The van der Waals surface area contributed by atoms with E-state index in [1.165, 1.54) is 46.1 Å². The molecular weight excluding hydrogens is 691 g/mol. The number of benzene rings is 8. The van der Waals surface area contributed by atoms with E-state index in [9.17, 15) is 8.78 Å². The highest BCUT2D eigenvalue weighted by molar-refractivity contribution is 6.10. The minimum atomic E-state index is -0.308. The Balaban J connectivity index is 0.877. The van der Waals surface area contributed by atoms with E-state index in [2.05, 4.69) is 150 Å². The molecule has 0 unspecified atom stereocenters. The fourth-order valence-electron chi connectivity index (χ4n) is 7.27. The third-order valence-electron chi connectivity index (χ3n) is 10.1. The number of rotatable bonds is 9. The molecule has 1 aromatic heterocycles. The van der Waals surface area contributed by atoms with Crippen molar-refractivity contribution in [1.82, 2.24) is 4.57 Å². The van der Waals surface area contributed by atoms with Crippen LogP contribution in [0, 0.1) is 11.6 Å². The number of para-hydroxylation sites is 2. The van der Waals surface area contributed by atoms with Crippen LogP contribution in [0.25, 0.3) is 62.9 Å². The summed E-state index contributed by atoms with van der Waals surface area (Å²) in [5.41, 5.74) is 12.8. The van der Waals surface area contributed by atoms with Crippen molar-refractivity contribution in [2.24, 2.45) is 0 Å². The van der Waals surface area contributed by atoms with Gasteiger partial charge in [-0.25, -0.2) is 8.78 Å². The molecule has 268 valence electrons. The zero-order valence-electron chi connectivity index (χ0n) is 30.4. The second kappa shape index (κ2) is 15.2. The summed E-state index contributed by atoms with van der Waals surface area (Å²) in [4.78, 5) is 1.97. The lowest BCUT2D eigenvalue weighted by atomic mass is 10.0. The monoisotopic (exact) mass is 726 g/mol. The van der Waals surface area contributed by atoms with E-state index in [-0.39, 0.29) is 11.6 Å². The quantitative estimate of drug-likeness (QED) is 0.134. The van der Waals surface area contributed by atoms with Crippen molar-refractivity contribution < 1.29 is 8.78 Å². The summed E-state index contributed by atoms with van der Waals surface area (Å²) in [5, 5.41) is 2.49. The number of nitrogens with zero attached hydrogens (tertiary/aromatic N) is 2.